The van der Waals surface area contributed by atoms with Gasteiger partial charge in [-0.25, -0.2) is 13.1 Å². The third kappa shape index (κ3) is 3.09. The Kier molecular flexibility index (Phi) is 4.36. The van der Waals surface area contributed by atoms with E-state index >= 15 is 0 Å². The Morgan fingerprint density at radius 2 is 2.17 bits per heavy atom. The molecule has 0 amide bonds. The van der Waals surface area contributed by atoms with E-state index in [-0.39, 0.29) is 5.03 Å². The highest BCUT2D eigenvalue weighted by atomic mass is 32.2. The number of aromatic nitrogens is 2. The number of H-pyrrole nitrogens is 1. The van der Waals surface area contributed by atoms with E-state index in [9.17, 15) is 8.42 Å². The minimum absolute atomic E-state index is 0.176. The molecule has 0 unspecified atom stereocenters. The van der Waals surface area contributed by atoms with Crippen molar-refractivity contribution in [2.75, 3.05) is 13.6 Å². The number of aromatic amines is 1. The molecular weight excluding hydrogens is 252 g/mol. The van der Waals surface area contributed by atoms with E-state index in [1.54, 1.807) is 13.2 Å². The van der Waals surface area contributed by atoms with E-state index in [0.717, 1.165) is 12.8 Å². The first-order valence-electron chi connectivity index (χ1n) is 6.30. The van der Waals surface area contributed by atoms with Gasteiger partial charge in [0.25, 0.3) is 10.0 Å². The number of rotatable bonds is 6. The summed E-state index contributed by atoms with van der Waals surface area (Å²) in [5.41, 5.74) is 0.663. The van der Waals surface area contributed by atoms with Crippen molar-refractivity contribution in [1.82, 2.24) is 20.2 Å². The lowest BCUT2D eigenvalue weighted by Crippen LogP contribution is -2.29. The molecule has 1 saturated carbocycles. The van der Waals surface area contributed by atoms with Gasteiger partial charge in [-0.3, -0.25) is 5.10 Å². The lowest BCUT2D eigenvalue weighted by molar-refractivity contribution is 0.517. The fourth-order valence-electron chi connectivity index (χ4n) is 2.36. The van der Waals surface area contributed by atoms with Crippen LogP contribution in [0, 0.1) is 5.92 Å². The van der Waals surface area contributed by atoms with Crippen LogP contribution in [0.5, 0.6) is 0 Å². The van der Waals surface area contributed by atoms with E-state index in [1.165, 1.54) is 12.8 Å². The van der Waals surface area contributed by atoms with Gasteiger partial charge in [0, 0.05) is 18.7 Å². The fraction of sp³-hybridized carbons (Fsp3) is 0.727. The van der Waals surface area contributed by atoms with Crippen molar-refractivity contribution in [2.45, 2.75) is 37.3 Å². The van der Waals surface area contributed by atoms with E-state index in [4.69, 9.17) is 0 Å². The smallest absolute Gasteiger partial charge is 0.257 e. The van der Waals surface area contributed by atoms with Gasteiger partial charge in [-0.05, 0) is 25.8 Å². The van der Waals surface area contributed by atoms with Gasteiger partial charge in [0.2, 0.25) is 0 Å². The molecule has 0 bridgehead atoms. The van der Waals surface area contributed by atoms with Gasteiger partial charge in [-0.1, -0.05) is 12.8 Å². The molecule has 0 spiro atoms. The Morgan fingerprint density at radius 3 is 2.83 bits per heavy atom. The number of nitrogens with one attached hydrogen (secondary N) is 3. The molecule has 18 heavy (non-hydrogen) atoms. The second kappa shape index (κ2) is 5.81. The van der Waals surface area contributed by atoms with Crippen molar-refractivity contribution in [1.29, 1.82) is 0 Å². The van der Waals surface area contributed by atoms with Gasteiger partial charge in [-0.15, -0.1) is 0 Å². The van der Waals surface area contributed by atoms with Gasteiger partial charge in [0.15, 0.2) is 5.03 Å². The second-order valence-electron chi connectivity index (χ2n) is 4.76. The lowest BCUT2D eigenvalue weighted by atomic mass is 10.1. The van der Waals surface area contributed by atoms with Crippen molar-refractivity contribution in [3.8, 4) is 0 Å². The summed E-state index contributed by atoms with van der Waals surface area (Å²) in [6, 6.07) is 0. The summed E-state index contributed by atoms with van der Waals surface area (Å²) in [6.45, 7) is 1.01. The maximum atomic E-state index is 12.1. The molecule has 1 aromatic rings. The zero-order valence-electron chi connectivity index (χ0n) is 10.6. The molecule has 1 aliphatic carbocycles. The molecule has 6 nitrogen and oxygen atoms in total. The Bertz CT molecular complexity index is 477. The monoisotopic (exact) mass is 272 g/mol. The maximum absolute atomic E-state index is 12.1. The Labute approximate surface area is 108 Å². The fourth-order valence-corrected chi connectivity index (χ4v) is 3.60. The molecule has 102 valence electrons. The van der Waals surface area contributed by atoms with Crippen LogP contribution in [0.4, 0.5) is 0 Å². The minimum atomic E-state index is -3.47. The number of hydrogen-bond donors (Lipinski definition) is 3. The molecule has 0 saturated heterocycles. The maximum Gasteiger partial charge on any atom is 0.257 e. The highest BCUT2D eigenvalue weighted by molar-refractivity contribution is 7.89. The molecule has 1 fully saturated rings. The molecule has 1 heterocycles. The number of sulfonamides is 1. The van der Waals surface area contributed by atoms with Crippen LogP contribution in [-0.4, -0.2) is 32.2 Å². The molecule has 1 aromatic heterocycles. The molecule has 0 atom stereocenters. The topological polar surface area (TPSA) is 86.9 Å². The Morgan fingerprint density at radius 1 is 1.44 bits per heavy atom. The van der Waals surface area contributed by atoms with Crippen LogP contribution >= 0.6 is 0 Å². The first-order valence-corrected chi connectivity index (χ1v) is 7.78. The zero-order chi connectivity index (χ0) is 13.0. The minimum Gasteiger partial charge on any atom is -0.316 e. The van der Waals surface area contributed by atoms with Crippen LogP contribution in [-0.2, 0) is 16.6 Å². The largest absolute Gasteiger partial charge is 0.316 e. The highest BCUT2D eigenvalue weighted by Gasteiger charge is 2.23. The van der Waals surface area contributed by atoms with Crippen LogP contribution in [0.15, 0.2) is 11.2 Å². The van der Waals surface area contributed by atoms with Crippen LogP contribution in [0.3, 0.4) is 0 Å². The summed E-state index contributed by atoms with van der Waals surface area (Å²) in [5, 5.41) is 9.47. The molecule has 1 aliphatic rings. The Balaban J connectivity index is 2.02. The standard InChI is InChI=1S/C11H20N4O2S/c1-12-7-10-8-13-15-11(10)18(16,17)14-6-9-4-2-3-5-9/h8-9,12,14H,2-7H2,1H3,(H,13,15). The predicted molar refractivity (Wildman–Crippen MR) is 68.5 cm³/mol. The number of nitrogens with zero attached hydrogens (tertiary/aromatic N) is 1. The van der Waals surface area contributed by atoms with Gasteiger partial charge in [-0.2, -0.15) is 5.10 Å². The normalized spacial score (nSPS) is 17.4. The molecule has 3 N–H and O–H groups in total. The summed E-state index contributed by atoms with van der Waals surface area (Å²) in [7, 11) is -1.69. The molecule has 2 rings (SSSR count). The third-order valence-corrected chi connectivity index (χ3v) is 4.79. The molecule has 0 aromatic carbocycles. The van der Waals surface area contributed by atoms with Gasteiger partial charge in [0.05, 0.1) is 6.20 Å². The highest BCUT2D eigenvalue weighted by Crippen LogP contribution is 2.24. The molecule has 0 radical (unpaired) electrons. The van der Waals surface area contributed by atoms with Crippen LogP contribution in [0.1, 0.15) is 31.2 Å². The van der Waals surface area contributed by atoms with Gasteiger partial charge >= 0.3 is 0 Å². The summed E-state index contributed by atoms with van der Waals surface area (Å²) in [4.78, 5) is 0. The van der Waals surface area contributed by atoms with E-state index in [0.29, 0.717) is 24.6 Å². The zero-order valence-corrected chi connectivity index (χ0v) is 11.4. The van der Waals surface area contributed by atoms with Crippen molar-refractivity contribution < 1.29 is 8.42 Å². The average Bonchev–Trinajstić information content (AvgIpc) is 2.97. The summed E-state index contributed by atoms with van der Waals surface area (Å²) in [5.74, 6) is 0.482. The quantitative estimate of drug-likeness (QED) is 0.707. The summed E-state index contributed by atoms with van der Waals surface area (Å²) < 4.78 is 26.9. The number of hydrogen-bond acceptors (Lipinski definition) is 4. The van der Waals surface area contributed by atoms with E-state index in [2.05, 4.69) is 20.2 Å². The van der Waals surface area contributed by atoms with Gasteiger partial charge in [0.1, 0.15) is 0 Å². The predicted octanol–water partition coefficient (Wildman–Crippen LogP) is 0.598. The average molecular weight is 272 g/mol. The molecule has 7 heteroatoms. The van der Waals surface area contributed by atoms with E-state index in [1.807, 2.05) is 0 Å². The van der Waals surface area contributed by atoms with Crippen LogP contribution < -0.4 is 10.0 Å². The molecular formula is C11H20N4O2S. The second-order valence-corrected chi connectivity index (χ2v) is 6.46. The van der Waals surface area contributed by atoms with Crippen LogP contribution in [0.2, 0.25) is 0 Å². The first kappa shape index (κ1) is 13.5. The SMILES string of the molecule is CNCc1cn[nH]c1S(=O)(=O)NCC1CCCC1. The van der Waals surface area contributed by atoms with Crippen molar-refractivity contribution in [2.24, 2.45) is 5.92 Å². The Hall–Kier alpha value is -0.920. The van der Waals surface area contributed by atoms with Crippen molar-refractivity contribution in [3.05, 3.63) is 11.8 Å². The van der Waals surface area contributed by atoms with Crippen molar-refractivity contribution >= 4 is 10.0 Å². The summed E-state index contributed by atoms with van der Waals surface area (Å²) >= 11 is 0. The summed E-state index contributed by atoms with van der Waals surface area (Å²) in [6.07, 6.45) is 6.20. The molecule has 0 aliphatic heterocycles. The first-order chi connectivity index (χ1) is 8.63. The van der Waals surface area contributed by atoms with E-state index < -0.39 is 10.0 Å². The third-order valence-electron chi connectivity index (χ3n) is 3.35. The van der Waals surface area contributed by atoms with Crippen molar-refractivity contribution in [3.63, 3.8) is 0 Å². The lowest BCUT2D eigenvalue weighted by Gasteiger charge is -2.11. The van der Waals surface area contributed by atoms with Gasteiger partial charge < -0.3 is 5.32 Å². The van der Waals surface area contributed by atoms with Crippen LogP contribution in [0.25, 0.3) is 0 Å².